The number of nitrogens with one attached hydrogen (secondary N) is 1. The lowest BCUT2D eigenvalue weighted by atomic mass is 9.99. The van der Waals surface area contributed by atoms with E-state index in [0.29, 0.717) is 25.3 Å². The van der Waals surface area contributed by atoms with Gasteiger partial charge in [0.1, 0.15) is 18.0 Å². The zero-order valence-corrected chi connectivity index (χ0v) is 14.9. The maximum atomic E-state index is 10.9. The summed E-state index contributed by atoms with van der Waals surface area (Å²) in [6, 6.07) is 10.2. The zero-order valence-electron chi connectivity index (χ0n) is 14.9. The Morgan fingerprint density at radius 3 is 2.69 bits per heavy atom. The first-order valence-corrected chi connectivity index (χ1v) is 9.36. The van der Waals surface area contributed by atoms with Gasteiger partial charge in [-0.1, -0.05) is 24.3 Å². The molecule has 1 aliphatic heterocycles. The lowest BCUT2D eigenvalue weighted by molar-refractivity contribution is 0.0650. The van der Waals surface area contributed by atoms with Crippen LogP contribution in [0.25, 0.3) is 0 Å². The van der Waals surface area contributed by atoms with Gasteiger partial charge < -0.3 is 20.4 Å². The Kier molecular flexibility index (Phi) is 4.78. The molecule has 2 aliphatic rings. The van der Waals surface area contributed by atoms with E-state index in [0.717, 1.165) is 37.6 Å². The number of piperidine rings is 1. The van der Waals surface area contributed by atoms with Gasteiger partial charge in [-0.3, -0.25) is 0 Å². The van der Waals surface area contributed by atoms with Crippen molar-refractivity contribution < 1.29 is 10.2 Å². The fraction of sp³-hybridized carbons (Fsp3) is 0.500. The molecule has 0 bridgehead atoms. The average molecular weight is 354 g/mol. The predicted molar refractivity (Wildman–Crippen MR) is 101 cm³/mol. The fourth-order valence-electron chi connectivity index (χ4n) is 4.09. The number of hydrogen-bond donors (Lipinski definition) is 3. The maximum Gasteiger partial charge on any atom is 0.134 e. The number of aromatic nitrogens is 2. The molecule has 4 rings (SSSR count). The van der Waals surface area contributed by atoms with Gasteiger partial charge in [-0.15, -0.1) is 0 Å². The van der Waals surface area contributed by atoms with Gasteiger partial charge in [0.25, 0.3) is 0 Å². The van der Waals surface area contributed by atoms with Crippen molar-refractivity contribution in [2.24, 2.45) is 5.92 Å². The zero-order chi connectivity index (χ0) is 18.0. The Morgan fingerprint density at radius 1 is 1.19 bits per heavy atom. The molecule has 6 nitrogen and oxygen atoms in total. The topological polar surface area (TPSA) is 81.5 Å². The molecule has 6 heteroatoms. The summed E-state index contributed by atoms with van der Waals surface area (Å²) in [6.07, 6.45) is 5.03. The quantitative estimate of drug-likeness (QED) is 0.757. The van der Waals surface area contributed by atoms with Gasteiger partial charge in [0, 0.05) is 45.1 Å². The molecule has 1 aliphatic carbocycles. The predicted octanol–water partition coefficient (Wildman–Crippen LogP) is 1.63. The van der Waals surface area contributed by atoms with Crippen molar-refractivity contribution in [1.82, 2.24) is 9.97 Å². The maximum absolute atomic E-state index is 10.9. The molecule has 138 valence electrons. The standard InChI is InChI=1S/C20H26N4O2/c25-12-15-4-3-7-24(11-15)19-8-18(22-14-23-19)21-13-20(26)9-16-5-1-2-6-17(16)10-20/h1-2,5-6,8,14-15,25-26H,3-4,7,9-13H2,(H,21,22,23). The highest BCUT2D eigenvalue weighted by molar-refractivity contribution is 5.49. The third-order valence-electron chi connectivity index (χ3n) is 5.51. The molecule has 1 fully saturated rings. The summed E-state index contributed by atoms with van der Waals surface area (Å²) < 4.78 is 0. The monoisotopic (exact) mass is 354 g/mol. The van der Waals surface area contributed by atoms with Crippen LogP contribution in [0.4, 0.5) is 11.6 Å². The average Bonchev–Trinajstić information content (AvgIpc) is 3.03. The van der Waals surface area contributed by atoms with Crippen LogP contribution >= 0.6 is 0 Å². The second kappa shape index (κ2) is 7.21. The lowest BCUT2D eigenvalue weighted by Gasteiger charge is -2.32. The van der Waals surface area contributed by atoms with Crippen molar-refractivity contribution in [1.29, 1.82) is 0 Å². The molecule has 0 radical (unpaired) electrons. The molecule has 1 atom stereocenters. The highest BCUT2D eigenvalue weighted by Crippen LogP contribution is 2.30. The van der Waals surface area contributed by atoms with Crippen LogP contribution in [0.2, 0.25) is 0 Å². The first-order valence-electron chi connectivity index (χ1n) is 9.36. The van der Waals surface area contributed by atoms with E-state index in [1.165, 1.54) is 11.1 Å². The molecule has 1 saturated heterocycles. The van der Waals surface area contributed by atoms with Crippen LogP contribution in [0.1, 0.15) is 24.0 Å². The van der Waals surface area contributed by atoms with Crippen molar-refractivity contribution in [2.45, 2.75) is 31.3 Å². The Labute approximate surface area is 153 Å². The Morgan fingerprint density at radius 2 is 1.96 bits per heavy atom. The normalized spacial score (nSPS) is 21.5. The van der Waals surface area contributed by atoms with Crippen molar-refractivity contribution >= 4 is 11.6 Å². The number of aliphatic hydroxyl groups excluding tert-OH is 1. The van der Waals surface area contributed by atoms with Crippen LogP contribution in [0.3, 0.4) is 0 Å². The van der Waals surface area contributed by atoms with Crippen LogP contribution in [-0.2, 0) is 12.8 Å². The third-order valence-corrected chi connectivity index (χ3v) is 5.51. The Hall–Kier alpha value is -2.18. The number of aliphatic hydroxyl groups is 2. The van der Waals surface area contributed by atoms with Gasteiger partial charge in [0.05, 0.1) is 5.60 Å². The minimum Gasteiger partial charge on any atom is -0.396 e. The lowest BCUT2D eigenvalue weighted by Crippen LogP contribution is -2.38. The highest BCUT2D eigenvalue weighted by Gasteiger charge is 2.34. The number of hydrogen-bond acceptors (Lipinski definition) is 6. The molecule has 2 aromatic rings. The summed E-state index contributed by atoms with van der Waals surface area (Å²) in [7, 11) is 0. The van der Waals surface area contributed by atoms with E-state index >= 15 is 0 Å². The van der Waals surface area contributed by atoms with Crippen LogP contribution in [0.5, 0.6) is 0 Å². The number of nitrogens with zero attached hydrogens (tertiary/aromatic N) is 3. The van der Waals surface area contributed by atoms with Crippen molar-refractivity contribution in [3.8, 4) is 0 Å². The Bertz CT molecular complexity index is 742. The molecule has 1 aromatic heterocycles. The van der Waals surface area contributed by atoms with E-state index in [9.17, 15) is 10.2 Å². The van der Waals surface area contributed by atoms with E-state index in [4.69, 9.17) is 0 Å². The van der Waals surface area contributed by atoms with Gasteiger partial charge in [-0.25, -0.2) is 9.97 Å². The van der Waals surface area contributed by atoms with Gasteiger partial charge in [-0.05, 0) is 29.9 Å². The van der Waals surface area contributed by atoms with E-state index in [2.05, 4.69) is 32.3 Å². The molecule has 2 heterocycles. The van der Waals surface area contributed by atoms with Crippen LogP contribution in [-0.4, -0.2) is 52.0 Å². The van der Waals surface area contributed by atoms with Crippen LogP contribution in [0.15, 0.2) is 36.7 Å². The van der Waals surface area contributed by atoms with Crippen molar-refractivity contribution in [3.05, 3.63) is 47.8 Å². The molecular weight excluding hydrogens is 328 g/mol. The van der Waals surface area contributed by atoms with Crippen LogP contribution in [0, 0.1) is 5.92 Å². The summed E-state index contributed by atoms with van der Waals surface area (Å²) in [5.41, 5.74) is 1.68. The molecule has 26 heavy (non-hydrogen) atoms. The van der Waals surface area contributed by atoms with Crippen molar-refractivity contribution in [2.75, 3.05) is 36.5 Å². The summed E-state index contributed by atoms with van der Waals surface area (Å²) in [4.78, 5) is 10.9. The first-order chi connectivity index (χ1) is 12.6. The molecule has 1 unspecified atom stereocenters. The minimum atomic E-state index is -0.776. The van der Waals surface area contributed by atoms with E-state index in [1.807, 2.05) is 18.2 Å². The van der Waals surface area contributed by atoms with Gasteiger partial charge in [0.2, 0.25) is 0 Å². The van der Waals surface area contributed by atoms with Gasteiger partial charge in [-0.2, -0.15) is 0 Å². The number of fused-ring (bicyclic) bond motifs is 1. The van der Waals surface area contributed by atoms with E-state index in [1.54, 1.807) is 6.33 Å². The molecule has 0 amide bonds. The second-order valence-corrected chi connectivity index (χ2v) is 7.60. The van der Waals surface area contributed by atoms with Crippen molar-refractivity contribution in [3.63, 3.8) is 0 Å². The summed E-state index contributed by atoms with van der Waals surface area (Å²) in [5.74, 6) is 1.92. The molecular formula is C20H26N4O2. The number of rotatable bonds is 5. The van der Waals surface area contributed by atoms with Gasteiger partial charge >= 0.3 is 0 Å². The smallest absolute Gasteiger partial charge is 0.134 e. The minimum absolute atomic E-state index is 0.223. The number of benzene rings is 1. The summed E-state index contributed by atoms with van der Waals surface area (Å²) in [5, 5.41) is 23.6. The number of anilines is 2. The largest absolute Gasteiger partial charge is 0.396 e. The third kappa shape index (κ3) is 3.66. The molecule has 0 saturated carbocycles. The first kappa shape index (κ1) is 17.2. The van der Waals surface area contributed by atoms with E-state index in [-0.39, 0.29) is 6.61 Å². The highest BCUT2D eigenvalue weighted by atomic mass is 16.3. The SMILES string of the molecule is OCC1CCCN(c2cc(NCC3(O)Cc4ccccc4C3)ncn2)C1. The second-order valence-electron chi connectivity index (χ2n) is 7.60. The fourth-order valence-corrected chi connectivity index (χ4v) is 4.09. The van der Waals surface area contributed by atoms with Gasteiger partial charge in [0.15, 0.2) is 0 Å². The summed E-state index contributed by atoms with van der Waals surface area (Å²) in [6.45, 7) is 2.45. The van der Waals surface area contributed by atoms with E-state index < -0.39 is 5.60 Å². The summed E-state index contributed by atoms with van der Waals surface area (Å²) >= 11 is 0. The Balaban J connectivity index is 1.40. The molecule has 0 spiro atoms. The molecule has 3 N–H and O–H groups in total. The molecule has 1 aromatic carbocycles. The van der Waals surface area contributed by atoms with Crippen LogP contribution < -0.4 is 10.2 Å².